The van der Waals surface area contributed by atoms with E-state index >= 15 is 0 Å². The van der Waals surface area contributed by atoms with Crippen LogP contribution in [0.25, 0.3) is 0 Å². The summed E-state index contributed by atoms with van der Waals surface area (Å²) in [5.41, 5.74) is 2.77. The van der Waals surface area contributed by atoms with Crippen LogP contribution in [0.15, 0.2) is 60.7 Å². The van der Waals surface area contributed by atoms with Crippen LogP contribution in [0.4, 0.5) is 0 Å². The fraction of sp³-hybridized carbons (Fsp3) is 0.478. The maximum atomic E-state index is 6.04. The molecular formula is C23H32N2O. The molecule has 1 heterocycles. The molecule has 1 aliphatic heterocycles. The van der Waals surface area contributed by atoms with E-state index in [1.54, 1.807) is 0 Å². The third-order valence-electron chi connectivity index (χ3n) is 5.01. The lowest BCUT2D eigenvalue weighted by molar-refractivity contribution is 0.0297. The van der Waals surface area contributed by atoms with Crippen LogP contribution in [0.5, 0.6) is 0 Å². The summed E-state index contributed by atoms with van der Waals surface area (Å²) in [6.45, 7) is 6.23. The minimum atomic E-state index is 0.473. The number of nitrogens with zero attached hydrogens (tertiary/aromatic N) is 1. The highest BCUT2D eigenvalue weighted by Crippen LogP contribution is 2.12. The van der Waals surface area contributed by atoms with Gasteiger partial charge < -0.3 is 10.1 Å². The number of piperidine rings is 1. The Labute approximate surface area is 158 Å². The quantitative estimate of drug-likeness (QED) is 0.647. The van der Waals surface area contributed by atoms with E-state index in [4.69, 9.17) is 4.74 Å². The zero-order valence-corrected chi connectivity index (χ0v) is 15.8. The second-order valence-electron chi connectivity index (χ2n) is 7.21. The van der Waals surface area contributed by atoms with E-state index in [0.29, 0.717) is 6.10 Å². The van der Waals surface area contributed by atoms with Crippen LogP contribution < -0.4 is 5.32 Å². The minimum Gasteiger partial charge on any atom is -0.378 e. The Morgan fingerprint density at radius 2 is 1.38 bits per heavy atom. The second-order valence-corrected chi connectivity index (χ2v) is 7.21. The van der Waals surface area contributed by atoms with Crippen molar-refractivity contribution in [2.45, 2.75) is 44.9 Å². The van der Waals surface area contributed by atoms with Gasteiger partial charge in [0, 0.05) is 19.7 Å². The van der Waals surface area contributed by atoms with Crippen LogP contribution in [0, 0.1) is 0 Å². The summed E-state index contributed by atoms with van der Waals surface area (Å²) in [7, 11) is 0. The Bertz CT molecular complexity index is 555. The highest BCUT2D eigenvalue weighted by atomic mass is 16.5. The average molecular weight is 353 g/mol. The summed E-state index contributed by atoms with van der Waals surface area (Å²) < 4.78 is 6.04. The molecule has 2 aromatic rings. The van der Waals surface area contributed by atoms with Crippen molar-refractivity contribution in [2.24, 2.45) is 0 Å². The van der Waals surface area contributed by atoms with E-state index in [-0.39, 0.29) is 0 Å². The SMILES string of the molecule is c1ccc(CN(CCCCOC2CCNCC2)Cc2ccccc2)cc1. The number of rotatable bonds is 10. The Balaban J connectivity index is 1.43. The van der Waals surface area contributed by atoms with Crippen molar-refractivity contribution in [3.63, 3.8) is 0 Å². The lowest BCUT2D eigenvalue weighted by atomic mass is 10.1. The topological polar surface area (TPSA) is 24.5 Å². The molecule has 0 unspecified atom stereocenters. The molecule has 26 heavy (non-hydrogen) atoms. The molecule has 0 radical (unpaired) electrons. The van der Waals surface area contributed by atoms with Gasteiger partial charge in [0.2, 0.25) is 0 Å². The van der Waals surface area contributed by atoms with Crippen molar-refractivity contribution in [3.8, 4) is 0 Å². The summed E-state index contributed by atoms with van der Waals surface area (Å²) in [5.74, 6) is 0. The van der Waals surface area contributed by atoms with Gasteiger partial charge in [0.05, 0.1) is 6.10 Å². The lowest BCUT2D eigenvalue weighted by Crippen LogP contribution is -2.32. The van der Waals surface area contributed by atoms with Crippen molar-refractivity contribution < 1.29 is 4.74 Å². The standard InChI is InChI=1S/C23H32N2O/c1-3-9-21(10-4-1)19-25(20-22-11-5-2-6-12-22)17-7-8-18-26-23-13-15-24-16-14-23/h1-6,9-12,23-24H,7-8,13-20H2. The molecule has 1 fully saturated rings. The van der Waals surface area contributed by atoms with Gasteiger partial charge in [-0.3, -0.25) is 4.90 Å². The zero-order valence-electron chi connectivity index (χ0n) is 15.8. The Kier molecular flexibility index (Phi) is 8.17. The first-order valence-corrected chi connectivity index (χ1v) is 10.0. The summed E-state index contributed by atoms with van der Waals surface area (Å²) in [5, 5.41) is 3.39. The number of ether oxygens (including phenoxy) is 1. The van der Waals surface area contributed by atoms with Crippen molar-refractivity contribution in [3.05, 3.63) is 71.8 Å². The number of nitrogens with one attached hydrogen (secondary N) is 1. The van der Waals surface area contributed by atoms with E-state index in [9.17, 15) is 0 Å². The van der Waals surface area contributed by atoms with Crippen molar-refractivity contribution in [1.82, 2.24) is 10.2 Å². The molecule has 1 aliphatic rings. The maximum Gasteiger partial charge on any atom is 0.0599 e. The molecule has 3 heteroatoms. The third kappa shape index (κ3) is 6.91. The van der Waals surface area contributed by atoms with Gasteiger partial charge in [0.1, 0.15) is 0 Å². The van der Waals surface area contributed by atoms with Crippen LogP contribution >= 0.6 is 0 Å². The monoisotopic (exact) mass is 352 g/mol. The van der Waals surface area contributed by atoms with Gasteiger partial charge in [-0.15, -0.1) is 0 Å². The predicted molar refractivity (Wildman–Crippen MR) is 108 cm³/mol. The largest absolute Gasteiger partial charge is 0.378 e. The molecule has 0 amide bonds. The molecule has 3 nitrogen and oxygen atoms in total. The third-order valence-corrected chi connectivity index (χ3v) is 5.01. The number of benzene rings is 2. The molecule has 1 saturated heterocycles. The number of hydrogen-bond donors (Lipinski definition) is 1. The van der Waals surface area contributed by atoms with Gasteiger partial charge in [0.15, 0.2) is 0 Å². The van der Waals surface area contributed by atoms with Gasteiger partial charge in [-0.05, 0) is 56.4 Å². The molecule has 0 spiro atoms. The van der Waals surface area contributed by atoms with Crippen LogP contribution in [0.1, 0.15) is 36.8 Å². The molecule has 0 atom stereocenters. The number of hydrogen-bond acceptors (Lipinski definition) is 3. The smallest absolute Gasteiger partial charge is 0.0599 e. The van der Waals surface area contributed by atoms with E-state index in [1.807, 2.05) is 0 Å². The molecule has 2 aromatic carbocycles. The van der Waals surface area contributed by atoms with Crippen LogP contribution in [0.3, 0.4) is 0 Å². The Morgan fingerprint density at radius 3 is 1.96 bits per heavy atom. The highest BCUT2D eigenvalue weighted by molar-refractivity contribution is 5.17. The van der Waals surface area contributed by atoms with Crippen LogP contribution in [-0.4, -0.2) is 37.2 Å². The molecule has 140 valence electrons. The molecule has 1 N–H and O–H groups in total. The first-order chi connectivity index (χ1) is 12.9. The van der Waals surface area contributed by atoms with Crippen LogP contribution in [-0.2, 0) is 17.8 Å². The Morgan fingerprint density at radius 1 is 0.808 bits per heavy atom. The molecule has 3 rings (SSSR count). The first-order valence-electron chi connectivity index (χ1n) is 10.0. The van der Waals surface area contributed by atoms with Crippen molar-refractivity contribution >= 4 is 0 Å². The molecule has 0 aliphatic carbocycles. The fourth-order valence-corrected chi connectivity index (χ4v) is 3.55. The number of unbranched alkanes of at least 4 members (excludes halogenated alkanes) is 1. The van der Waals surface area contributed by atoms with Crippen LogP contribution in [0.2, 0.25) is 0 Å². The first kappa shape index (κ1) is 19.1. The average Bonchev–Trinajstić information content (AvgIpc) is 2.70. The van der Waals surface area contributed by atoms with E-state index in [0.717, 1.165) is 58.6 Å². The molecule has 0 aromatic heterocycles. The normalized spacial score (nSPS) is 15.4. The molecule has 0 saturated carbocycles. The van der Waals surface area contributed by atoms with Gasteiger partial charge in [-0.1, -0.05) is 60.7 Å². The summed E-state index contributed by atoms with van der Waals surface area (Å²) in [6.07, 6.45) is 5.12. The summed E-state index contributed by atoms with van der Waals surface area (Å²) >= 11 is 0. The van der Waals surface area contributed by atoms with Gasteiger partial charge in [-0.2, -0.15) is 0 Å². The fourth-order valence-electron chi connectivity index (χ4n) is 3.55. The predicted octanol–water partition coefficient (Wildman–Crippen LogP) is 4.24. The Hall–Kier alpha value is -1.68. The van der Waals surface area contributed by atoms with Gasteiger partial charge in [0.25, 0.3) is 0 Å². The van der Waals surface area contributed by atoms with E-state index in [2.05, 4.69) is 70.9 Å². The maximum absolute atomic E-state index is 6.04. The highest BCUT2D eigenvalue weighted by Gasteiger charge is 2.13. The molecular weight excluding hydrogens is 320 g/mol. The van der Waals surface area contributed by atoms with Gasteiger partial charge in [-0.25, -0.2) is 0 Å². The zero-order chi connectivity index (χ0) is 17.9. The second kappa shape index (κ2) is 11.1. The van der Waals surface area contributed by atoms with Crippen molar-refractivity contribution in [2.75, 3.05) is 26.2 Å². The van der Waals surface area contributed by atoms with E-state index < -0.39 is 0 Å². The minimum absolute atomic E-state index is 0.473. The van der Waals surface area contributed by atoms with Gasteiger partial charge >= 0.3 is 0 Å². The summed E-state index contributed by atoms with van der Waals surface area (Å²) in [4.78, 5) is 2.55. The summed E-state index contributed by atoms with van der Waals surface area (Å²) in [6, 6.07) is 21.6. The molecule has 0 bridgehead atoms. The van der Waals surface area contributed by atoms with Crippen molar-refractivity contribution in [1.29, 1.82) is 0 Å². The lowest BCUT2D eigenvalue weighted by Gasteiger charge is -2.24. The van der Waals surface area contributed by atoms with E-state index in [1.165, 1.54) is 17.5 Å².